The standard InChI is InChI=1S/C25H24N2O5S2/c1-15(23(29)31-2)21-17-11-7-8-12-19(17)26(24(30)32-3)13-18(21)22(28)27-20(14-34-25(27)33)16-9-5-4-6-10-16/h4-13,15,20-21H,14H2,1-3H3/t15?,20-,21?/m1/s1. The summed E-state index contributed by atoms with van der Waals surface area (Å²) >= 11 is 7.00. The van der Waals surface area contributed by atoms with Crippen molar-refractivity contribution in [2.24, 2.45) is 5.92 Å². The van der Waals surface area contributed by atoms with Gasteiger partial charge in [-0.3, -0.25) is 19.4 Å². The Morgan fingerprint density at radius 1 is 1.03 bits per heavy atom. The minimum absolute atomic E-state index is 0.259. The predicted octanol–water partition coefficient (Wildman–Crippen LogP) is 4.65. The fourth-order valence-electron chi connectivity index (χ4n) is 4.43. The molecule has 34 heavy (non-hydrogen) atoms. The molecule has 1 saturated heterocycles. The Morgan fingerprint density at radius 2 is 1.71 bits per heavy atom. The monoisotopic (exact) mass is 496 g/mol. The van der Waals surface area contributed by atoms with Gasteiger partial charge < -0.3 is 9.47 Å². The summed E-state index contributed by atoms with van der Waals surface area (Å²) < 4.78 is 10.4. The topological polar surface area (TPSA) is 76.2 Å². The molecule has 0 N–H and O–H groups in total. The maximum absolute atomic E-state index is 14.1. The molecule has 1 fully saturated rings. The number of ether oxygens (including phenoxy) is 2. The van der Waals surface area contributed by atoms with Crippen molar-refractivity contribution >= 4 is 52.0 Å². The summed E-state index contributed by atoms with van der Waals surface area (Å²) in [7, 11) is 2.60. The molecule has 2 heterocycles. The second-order valence-corrected chi connectivity index (χ2v) is 9.61. The second kappa shape index (κ2) is 9.99. The number of amides is 2. The van der Waals surface area contributed by atoms with Crippen LogP contribution in [0.15, 0.2) is 66.4 Å². The highest BCUT2D eigenvalue weighted by Gasteiger charge is 2.44. The van der Waals surface area contributed by atoms with Gasteiger partial charge in [0.25, 0.3) is 5.91 Å². The van der Waals surface area contributed by atoms with Crippen molar-refractivity contribution in [3.8, 4) is 0 Å². The fourth-order valence-corrected chi connectivity index (χ4v) is 5.84. The summed E-state index contributed by atoms with van der Waals surface area (Å²) in [5, 5.41) is 0. The third-order valence-corrected chi connectivity index (χ3v) is 7.58. The van der Waals surface area contributed by atoms with Crippen molar-refractivity contribution in [2.75, 3.05) is 24.9 Å². The molecule has 2 aliphatic heterocycles. The van der Waals surface area contributed by atoms with Gasteiger partial charge >= 0.3 is 12.1 Å². The van der Waals surface area contributed by atoms with Crippen LogP contribution >= 0.6 is 24.0 Å². The van der Waals surface area contributed by atoms with E-state index in [1.165, 1.54) is 37.1 Å². The molecule has 176 valence electrons. The molecule has 2 amide bonds. The average molecular weight is 497 g/mol. The number of rotatable bonds is 4. The molecule has 0 bridgehead atoms. The Bertz CT molecular complexity index is 1170. The third kappa shape index (κ3) is 4.21. The van der Waals surface area contributed by atoms with E-state index in [2.05, 4.69) is 0 Å². The van der Waals surface area contributed by atoms with E-state index in [-0.39, 0.29) is 17.5 Å². The number of thioether (sulfide) groups is 1. The molecule has 0 aromatic heterocycles. The van der Waals surface area contributed by atoms with Crippen molar-refractivity contribution in [1.29, 1.82) is 0 Å². The largest absolute Gasteiger partial charge is 0.469 e. The van der Waals surface area contributed by atoms with E-state index in [4.69, 9.17) is 21.7 Å². The lowest BCUT2D eigenvalue weighted by Crippen LogP contribution is -2.41. The molecule has 9 heteroatoms. The highest BCUT2D eigenvalue weighted by molar-refractivity contribution is 8.23. The van der Waals surface area contributed by atoms with Crippen LogP contribution in [-0.4, -0.2) is 47.2 Å². The summed E-state index contributed by atoms with van der Waals surface area (Å²) in [6.07, 6.45) is 0.828. The summed E-state index contributed by atoms with van der Waals surface area (Å²) in [5.74, 6) is -1.51. The maximum Gasteiger partial charge on any atom is 0.418 e. The van der Waals surface area contributed by atoms with Gasteiger partial charge in [-0.2, -0.15) is 0 Å². The first-order chi connectivity index (χ1) is 16.4. The van der Waals surface area contributed by atoms with E-state index in [1.807, 2.05) is 36.4 Å². The molecular formula is C25H24N2O5S2. The Labute approximate surface area is 207 Å². The summed E-state index contributed by atoms with van der Waals surface area (Å²) in [4.78, 5) is 42.3. The number of para-hydroxylation sites is 1. The lowest BCUT2D eigenvalue weighted by Gasteiger charge is -2.36. The third-order valence-electron chi connectivity index (χ3n) is 6.10. The van der Waals surface area contributed by atoms with Crippen molar-refractivity contribution in [2.45, 2.75) is 18.9 Å². The van der Waals surface area contributed by atoms with Crippen LogP contribution in [-0.2, 0) is 19.1 Å². The number of anilines is 1. The Kier molecular flexibility index (Phi) is 7.04. The fraction of sp³-hybridized carbons (Fsp3) is 0.280. The molecule has 3 atom stereocenters. The van der Waals surface area contributed by atoms with Crippen LogP contribution in [0.5, 0.6) is 0 Å². The van der Waals surface area contributed by atoms with Crippen molar-refractivity contribution in [1.82, 2.24) is 4.90 Å². The molecule has 0 spiro atoms. The number of carbonyl (C=O) groups excluding carboxylic acids is 3. The summed E-state index contributed by atoms with van der Waals surface area (Å²) in [6, 6.07) is 16.6. The smallest absolute Gasteiger partial charge is 0.418 e. The van der Waals surface area contributed by atoms with E-state index in [0.717, 1.165) is 5.56 Å². The lowest BCUT2D eigenvalue weighted by molar-refractivity contribution is -0.145. The molecule has 0 radical (unpaired) electrons. The summed E-state index contributed by atoms with van der Waals surface area (Å²) in [5.41, 5.74) is 2.44. The first-order valence-electron chi connectivity index (χ1n) is 10.7. The molecular weight excluding hydrogens is 472 g/mol. The highest BCUT2D eigenvalue weighted by atomic mass is 32.2. The number of esters is 1. The molecule has 4 rings (SSSR count). The first kappa shape index (κ1) is 24.0. The van der Waals surface area contributed by atoms with Gasteiger partial charge in [0, 0.05) is 23.4 Å². The van der Waals surface area contributed by atoms with Gasteiger partial charge in [0.2, 0.25) is 0 Å². The zero-order valence-corrected chi connectivity index (χ0v) is 20.6. The van der Waals surface area contributed by atoms with Crippen molar-refractivity contribution in [3.05, 3.63) is 77.5 Å². The SMILES string of the molecule is COC(=O)C(C)C1C(C(=O)N2C(=S)SC[C@@H]2c2ccccc2)=CN(C(=O)OC)c2ccccc21. The van der Waals surface area contributed by atoms with Crippen LogP contribution < -0.4 is 4.90 Å². The number of hydrogen-bond acceptors (Lipinski definition) is 7. The van der Waals surface area contributed by atoms with Gasteiger partial charge in [0.05, 0.1) is 31.9 Å². The number of nitrogens with zero attached hydrogens (tertiary/aromatic N) is 2. The van der Waals surface area contributed by atoms with Crippen LogP contribution in [0.2, 0.25) is 0 Å². The minimum atomic E-state index is -0.680. The van der Waals surface area contributed by atoms with Gasteiger partial charge in [-0.05, 0) is 17.2 Å². The van der Waals surface area contributed by atoms with Gasteiger partial charge in [-0.1, -0.05) is 79.4 Å². The lowest BCUT2D eigenvalue weighted by atomic mass is 9.78. The van der Waals surface area contributed by atoms with E-state index >= 15 is 0 Å². The van der Waals surface area contributed by atoms with Crippen molar-refractivity contribution in [3.63, 3.8) is 0 Å². The number of hydrogen-bond donors (Lipinski definition) is 0. The van der Waals surface area contributed by atoms with E-state index < -0.39 is 23.9 Å². The number of methoxy groups -OCH3 is 2. The van der Waals surface area contributed by atoms with Gasteiger partial charge in [0.1, 0.15) is 4.32 Å². The molecule has 7 nitrogen and oxygen atoms in total. The van der Waals surface area contributed by atoms with Gasteiger partial charge in [-0.15, -0.1) is 0 Å². The average Bonchev–Trinajstić information content (AvgIpc) is 3.27. The quantitative estimate of drug-likeness (QED) is 0.450. The Hall–Kier alpha value is -3.17. The van der Waals surface area contributed by atoms with Crippen molar-refractivity contribution < 1.29 is 23.9 Å². The molecule has 0 saturated carbocycles. The van der Waals surface area contributed by atoms with Gasteiger partial charge in [-0.25, -0.2) is 4.79 Å². The molecule has 0 aliphatic carbocycles. The second-order valence-electron chi connectivity index (χ2n) is 7.95. The maximum atomic E-state index is 14.1. The van der Waals surface area contributed by atoms with Gasteiger partial charge in [0.15, 0.2) is 0 Å². The summed E-state index contributed by atoms with van der Waals surface area (Å²) in [6.45, 7) is 1.72. The zero-order valence-electron chi connectivity index (χ0n) is 19.0. The highest BCUT2D eigenvalue weighted by Crippen LogP contribution is 2.45. The van der Waals surface area contributed by atoms with Crippen LogP contribution in [0.3, 0.4) is 0 Å². The molecule has 2 aromatic rings. The van der Waals surface area contributed by atoms with Crippen LogP contribution in [0.4, 0.5) is 10.5 Å². The number of carbonyl (C=O) groups is 3. The number of fused-ring (bicyclic) bond motifs is 1. The van der Waals surface area contributed by atoms with Crippen LogP contribution in [0, 0.1) is 5.92 Å². The van der Waals surface area contributed by atoms with E-state index in [0.29, 0.717) is 21.3 Å². The Balaban J connectivity index is 1.84. The van der Waals surface area contributed by atoms with E-state index in [1.54, 1.807) is 30.0 Å². The molecule has 2 aliphatic rings. The van der Waals surface area contributed by atoms with Crippen LogP contribution in [0.1, 0.15) is 30.0 Å². The predicted molar refractivity (Wildman–Crippen MR) is 134 cm³/mol. The number of thiocarbonyl (C=S) groups is 1. The number of benzene rings is 2. The zero-order chi connectivity index (χ0) is 24.4. The Morgan fingerprint density at radius 3 is 2.38 bits per heavy atom. The molecule has 2 unspecified atom stereocenters. The minimum Gasteiger partial charge on any atom is -0.469 e. The molecule has 2 aromatic carbocycles. The van der Waals surface area contributed by atoms with Crippen LogP contribution in [0.25, 0.3) is 0 Å². The first-order valence-corrected chi connectivity index (χ1v) is 12.1. The normalized spacial score (nSPS) is 20.3. The van der Waals surface area contributed by atoms with E-state index in [9.17, 15) is 14.4 Å².